The molecule has 5 saturated carbocycles. The maximum Gasteiger partial charge on any atom is -0.00872 e. The maximum atomic E-state index is 4.38. The van der Waals surface area contributed by atoms with Crippen LogP contribution in [0.3, 0.4) is 0 Å². The summed E-state index contributed by atoms with van der Waals surface area (Å²) in [6, 6.07) is 8.61. The van der Waals surface area contributed by atoms with E-state index >= 15 is 0 Å². The Kier molecular flexibility index (Phi) is 9.83. The van der Waals surface area contributed by atoms with Gasteiger partial charge in [0.05, 0.1) is 0 Å². The van der Waals surface area contributed by atoms with Crippen LogP contribution in [-0.2, 0) is 6.42 Å². The maximum absolute atomic E-state index is 4.38. The standard InChI is InChI=1S/C29H48.C9H12.C3H6/c1-8-29-17-11-19(2)25(29)21-9-10-24-27(6,22(21)13-18-29)16-14-23-26(4,5)20(3)12-15-28(23,24)7;1-3-9-6-4-5-8(2)7-9;1-3-2/h8,19-25H,1,9-18H2,2-7H3;4-7H,3H2,1-2H3;3H,1H2,2H3. The van der Waals surface area contributed by atoms with E-state index in [0.29, 0.717) is 21.7 Å². The first-order chi connectivity index (χ1) is 19.3. The largest absolute Gasteiger partial charge is 0.103 e. The van der Waals surface area contributed by atoms with Crippen molar-refractivity contribution in [2.75, 3.05) is 0 Å². The Morgan fingerprint density at radius 1 is 0.829 bits per heavy atom. The second-order valence-corrected chi connectivity index (χ2v) is 16.5. The number of allylic oxidation sites excluding steroid dienone is 2. The van der Waals surface area contributed by atoms with E-state index in [0.717, 1.165) is 47.8 Å². The minimum absolute atomic E-state index is 0.493. The van der Waals surface area contributed by atoms with Gasteiger partial charge < -0.3 is 0 Å². The van der Waals surface area contributed by atoms with Crippen LogP contribution in [-0.4, -0.2) is 0 Å². The van der Waals surface area contributed by atoms with E-state index in [-0.39, 0.29) is 0 Å². The van der Waals surface area contributed by atoms with Gasteiger partial charge in [0, 0.05) is 0 Å². The van der Waals surface area contributed by atoms with Crippen LogP contribution in [0.5, 0.6) is 0 Å². The molecule has 5 aliphatic rings. The summed E-state index contributed by atoms with van der Waals surface area (Å²) in [4.78, 5) is 0. The third-order valence-corrected chi connectivity index (χ3v) is 14.4. The Morgan fingerprint density at radius 3 is 2.10 bits per heavy atom. The van der Waals surface area contributed by atoms with Crippen LogP contribution >= 0.6 is 0 Å². The molecule has 0 N–H and O–H groups in total. The molecule has 10 atom stereocenters. The highest BCUT2D eigenvalue weighted by molar-refractivity contribution is 5.22. The van der Waals surface area contributed by atoms with Crippen LogP contribution in [0.4, 0.5) is 0 Å². The van der Waals surface area contributed by atoms with Crippen LogP contribution in [0.1, 0.15) is 131 Å². The Labute approximate surface area is 256 Å². The van der Waals surface area contributed by atoms with E-state index in [1.54, 1.807) is 6.08 Å². The summed E-state index contributed by atoms with van der Waals surface area (Å²) in [5.74, 6) is 6.62. The molecule has 10 unspecified atom stereocenters. The zero-order valence-electron chi connectivity index (χ0n) is 28.7. The van der Waals surface area contributed by atoms with Gasteiger partial charge in [0.25, 0.3) is 0 Å². The number of benzene rings is 1. The first kappa shape index (κ1) is 32.6. The van der Waals surface area contributed by atoms with E-state index in [9.17, 15) is 0 Å². The Morgan fingerprint density at radius 2 is 1.49 bits per heavy atom. The highest BCUT2D eigenvalue weighted by Crippen LogP contribution is 2.73. The number of fused-ring (bicyclic) bond motifs is 7. The molecule has 1 aromatic carbocycles. The minimum Gasteiger partial charge on any atom is -0.103 e. The Bertz CT molecular complexity index is 1050. The zero-order chi connectivity index (χ0) is 30.2. The molecular weight excluding hydrogens is 492 g/mol. The summed E-state index contributed by atoms with van der Waals surface area (Å²) in [7, 11) is 0. The quantitative estimate of drug-likeness (QED) is 0.317. The predicted molar refractivity (Wildman–Crippen MR) is 181 cm³/mol. The minimum atomic E-state index is 0.493. The zero-order valence-corrected chi connectivity index (χ0v) is 28.7. The van der Waals surface area contributed by atoms with Crippen LogP contribution in [0.25, 0.3) is 0 Å². The first-order valence-electron chi connectivity index (χ1n) is 17.6. The molecule has 0 nitrogen and oxygen atoms in total. The number of aryl methyl sites for hydroxylation is 2. The van der Waals surface area contributed by atoms with Crippen molar-refractivity contribution in [1.29, 1.82) is 0 Å². The molecule has 230 valence electrons. The van der Waals surface area contributed by atoms with Crippen LogP contribution in [0.2, 0.25) is 0 Å². The molecule has 0 bridgehead atoms. The van der Waals surface area contributed by atoms with Crippen LogP contribution in [0, 0.1) is 70.0 Å². The van der Waals surface area contributed by atoms with Crippen molar-refractivity contribution in [3.05, 3.63) is 60.7 Å². The molecular formula is C41H66. The molecule has 0 heteroatoms. The molecule has 0 aliphatic heterocycles. The van der Waals surface area contributed by atoms with Gasteiger partial charge in [0.1, 0.15) is 0 Å². The molecule has 0 amide bonds. The summed E-state index contributed by atoms with van der Waals surface area (Å²) in [5.41, 5.74) is 4.98. The van der Waals surface area contributed by atoms with Gasteiger partial charge in [-0.25, -0.2) is 0 Å². The lowest BCUT2D eigenvalue weighted by Crippen LogP contribution is -2.62. The van der Waals surface area contributed by atoms with Gasteiger partial charge in [-0.3, -0.25) is 0 Å². The number of hydrogen-bond donors (Lipinski definition) is 0. The van der Waals surface area contributed by atoms with Crippen molar-refractivity contribution >= 4 is 0 Å². The van der Waals surface area contributed by atoms with Crippen molar-refractivity contribution in [3.63, 3.8) is 0 Å². The van der Waals surface area contributed by atoms with Gasteiger partial charge in [0.15, 0.2) is 0 Å². The number of hydrogen-bond acceptors (Lipinski definition) is 0. The SMILES string of the molecule is C=CC.C=CC12CCC(C)C1C1CCC3C(C)(CCC4C(C)(C)C(C)CCC43C)C1CC2.CCc1cccc(C)c1. The van der Waals surface area contributed by atoms with Gasteiger partial charge in [0.2, 0.25) is 0 Å². The summed E-state index contributed by atoms with van der Waals surface area (Å²) < 4.78 is 0. The highest BCUT2D eigenvalue weighted by atomic mass is 14.7. The normalized spacial score (nSPS) is 43.8. The second-order valence-electron chi connectivity index (χ2n) is 16.5. The lowest BCUT2D eigenvalue weighted by atomic mass is 9.35. The van der Waals surface area contributed by atoms with Crippen molar-refractivity contribution in [3.8, 4) is 0 Å². The molecule has 0 heterocycles. The van der Waals surface area contributed by atoms with E-state index in [2.05, 4.69) is 98.9 Å². The monoisotopic (exact) mass is 559 g/mol. The molecule has 6 rings (SSSR count). The first-order valence-corrected chi connectivity index (χ1v) is 17.6. The van der Waals surface area contributed by atoms with Crippen molar-refractivity contribution in [1.82, 2.24) is 0 Å². The molecule has 5 aliphatic carbocycles. The molecule has 0 radical (unpaired) electrons. The Balaban J connectivity index is 0.000000271. The van der Waals surface area contributed by atoms with E-state index in [1.165, 1.54) is 75.3 Å². The molecule has 0 spiro atoms. The average Bonchev–Trinajstić information content (AvgIpc) is 3.29. The fourth-order valence-electron chi connectivity index (χ4n) is 12.1. The molecule has 41 heavy (non-hydrogen) atoms. The van der Waals surface area contributed by atoms with Gasteiger partial charge in [-0.05, 0) is 153 Å². The smallest absolute Gasteiger partial charge is 0.00872 e. The second kappa shape index (κ2) is 12.4. The van der Waals surface area contributed by atoms with E-state index in [4.69, 9.17) is 0 Å². The lowest BCUT2D eigenvalue weighted by Gasteiger charge is -2.69. The van der Waals surface area contributed by atoms with Crippen LogP contribution < -0.4 is 0 Å². The summed E-state index contributed by atoms with van der Waals surface area (Å²) >= 11 is 0. The topological polar surface area (TPSA) is 0 Å². The molecule has 1 aromatic rings. The summed E-state index contributed by atoms with van der Waals surface area (Å²) in [6.45, 7) is 29.8. The summed E-state index contributed by atoms with van der Waals surface area (Å²) in [5, 5.41) is 0. The molecule has 5 fully saturated rings. The average molecular weight is 559 g/mol. The van der Waals surface area contributed by atoms with E-state index < -0.39 is 0 Å². The van der Waals surface area contributed by atoms with Crippen molar-refractivity contribution in [2.24, 2.45) is 63.1 Å². The van der Waals surface area contributed by atoms with E-state index in [1.807, 2.05) is 6.92 Å². The highest BCUT2D eigenvalue weighted by Gasteiger charge is 2.66. The third kappa shape index (κ3) is 5.57. The fourth-order valence-corrected chi connectivity index (χ4v) is 12.1. The number of rotatable bonds is 2. The van der Waals surface area contributed by atoms with Crippen LogP contribution in [0.15, 0.2) is 49.6 Å². The van der Waals surface area contributed by atoms with Gasteiger partial charge >= 0.3 is 0 Å². The van der Waals surface area contributed by atoms with Gasteiger partial charge in [-0.2, -0.15) is 0 Å². The predicted octanol–water partition coefficient (Wildman–Crippen LogP) is 12.3. The lowest BCUT2D eigenvalue weighted by molar-refractivity contribution is -0.203. The van der Waals surface area contributed by atoms with Crippen molar-refractivity contribution < 1.29 is 0 Å². The molecule has 0 saturated heterocycles. The van der Waals surface area contributed by atoms with Gasteiger partial charge in [-0.1, -0.05) is 90.4 Å². The molecule has 0 aromatic heterocycles. The summed E-state index contributed by atoms with van der Waals surface area (Å²) in [6.07, 6.45) is 20.1. The fraction of sp³-hybridized carbons (Fsp3) is 0.756. The van der Waals surface area contributed by atoms with Gasteiger partial charge in [-0.15, -0.1) is 13.2 Å². The van der Waals surface area contributed by atoms with Crippen molar-refractivity contribution in [2.45, 2.75) is 133 Å². The third-order valence-electron chi connectivity index (χ3n) is 14.4. The Hall–Kier alpha value is -1.30.